The van der Waals surface area contributed by atoms with E-state index in [0.717, 1.165) is 42.9 Å². The predicted molar refractivity (Wildman–Crippen MR) is 77.2 cm³/mol. The third kappa shape index (κ3) is 2.38. The SMILES string of the molecule is COc1ccc2c(c1)OC1(CCOC(C)(C)C1)C[C@@H]2N. The zero-order valence-electron chi connectivity index (χ0n) is 12.4. The Kier molecular flexibility index (Phi) is 3.18. The van der Waals surface area contributed by atoms with Crippen LogP contribution in [0, 0.1) is 0 Å². The minimum atomic E-state index is -0.208. The second-order valence-corrected chi connectivity index (χ2v) is 6.53. The average Bonchev–Trinajstić information content (AvgIpc) is 2.36. The molecule has 20 heavy (non-hydrogen) atoms. The van der Waals surface area contributed by atoms with E-state index in [-0.39, 0.29) is 17.2 Å². The summed E-state index contributed by atoms with van der Waals surface area (Å²) in [6, 6.07) is 5.90. The molecule has 0 saturated carbocycles. The highest BCUT2D eigenvalue weighted by atomic mass is 16.5. The van der Waals surface area contributed by atoms with Gasteiger partial charge >= 0.3 is 0 Å². The second-order valence-electron chi connectivity index (χ2n) is 6.53. The Morgan fingerprint density at radius 2 is 2.15 bits per heavy atom. The normalized spacial score (nSPS) is 31.5. The van der Waals surface area contributed by atoms with Crippen LogP contribution >= 0.6 is 0 Å². The molecule has 3 rings (SSSR count). The first-order valence-corrected chi connectivity index (χ1v) is 7.20. The van der Waals surface area contributed by atoms with E-state index in [0.29, 0.717) is 0 Å². The summed E-state index contributed by atoms with van der Waals surface area (Å²) < 4.78 is 17.5. The Morgan fingerprint density at radius 1 is 1.35 bits per heavy atom. The Bertz CT molecular complexity index is 514. The number of hydrogen-bond donors (Lipinski definition) is 1. The molecule has 0 aromatic heterocycles. The van der Waals surface area contributed by atoms with Gasteiger partial charge in [0, 0.05) is 36.9 Å². The standard InChI is InChI=1S/C16H23NO3/c1-15(2)10-16(6-7-19-15)9-13(17)12-5-4-11(18-3)8-14(12)20-16/h4-5,8,13H,6-7,9-10,17H2,1-3H3/t13-,16?/m0/s1. The van der Waals surface area contributed by atoms with Gasteiger partial charge in [-0.15, -0.1) is 0 Å². The number of fused-ring (bicyclic) bond motifs is 1. The maximum absolute atomic E-state index is 6.37. The number of hydrogen-bond acceptors (Lipinski definition) is 4. The van der Waals surface area contributed by atoms with Crippen molar-refractivity contribution >= 4 is 0 Å². The van der Waals surface area contributed by atoms with E-state index < -0.39 is 0 Å². The van der Waals surface area contributed by atoms with Gasteiger partial charge in [0.25, 0.3) is 0 Å². The van der Waals surface area contributed by atoms with Gasteiger partial charge in [-0.05, 0) is 19.9 Å². The van der Waals surface area contributed by atoms with Crippen LogP contribution in [0.4, 0.5) is 0 Å². The summed E-state index contributed by atoms with van der Waals surface area (Å²) in [5.41, 5.74) is 7.07. The van der Waals surface area contributed by atoms with Crippen LogP contribution in [0.3, 0.4) is 0 Å². The molecule has 4 heteroatoms. The molecule has 2 atom stereocenters. The van der Waals surface area contributed by atoms with Crippen LogP contribution in [-0.2, 0) is 4.74 Å². The Labute approximate surface area is 120 Å². The molecule has 2 heterocycles. The fourth-order valence-electron chi connectivity index (χ4n) is 3.51. The number of ether oxygens (including phenoxy) is 3. The zero-order chi connectivity index (χ0) is 14.4. The number of nitrogens with two attached hydrogens (primary N) is 1. The lowest BCUT2D eigenvalue weighted by Crippen LogP contribution is -2.52. The van der Waals surface area contributed by atoms with Gasteiger partial charge in [0.15, 0.2) is 0 Å². The summed E-state index contributed by atoms with van der Waals surface area (Å²) in [7, 11) is 1.66. The molecule has 0 aliphatic carbocycles. The van der Waals surface area contributed by atoms with E-state index in [2.05, 4.69) is 13.8 Å². The minimum Gasteiger partial charge on any atom is -0.497 e. The van der Waals surface area contributed by atoms with Crippen molar-refractivity contribution in [3.63, 3.8) is 0 Å². The van der Waals surface area contributed by atoms with Gasteiger partial charge in [0.1, 0.15) is 17.1 Å². The van der Waals surface area contributed by atoms with Crippen LogP contribution in [0.2, 0.25) is 0 Å². The maximum atomic E-state index is 6.37. The molecule has 2 N–H and O–H groups in total. The van der Waals surface area contributed by atoms with Crippen molar-refractivity contribution < 1.29 is 14.2 Å². The molecule has 1 unspecified atom stereocenters. The quantitative estimate of drug-likeness (QED) is 0.857. The molecule has 1 aromatic rings. The summed E-state index contributed by atoms with van der Waals surface area (Å²) in [6.45, 7) is 4.95. The van der Waals surface area contributed by atoms with Gasteiger partial charge in [-0.25, -0.2) is 0 Å². The summed E-state index contributed by atoms with van der Waals surface area (Å²) >= 11 is 0. The Balaban J connectivity index is 1.94. The van der Waals surface area contributed by atoms with Gasteiger partial charge in [-0.3, -0.25) is 0 Å². The van der Waals surface area contributed by atoms with Gasteiger partial charge in [0.05, 0.1) is 19.3 Å². The largest absolute Gasteiger partial charge is 0.497 e. The van der Waals surface area contributed by atoms with E-state index in [9.17, 15) is 0 Å². The van der Waals surface area contributed by atoms with Crippen LogP contribution in [0.25, 0.3) is 0 Å². The van der Waals surface area contributed by atoms with Gasteiger partial charge < -0.3 is 19.9 Å². The van der Waals surface area contributed by atoms with E-state index in [1.54, 1.807) is 7.11 Å². The Hall–Kier alpha value is -1.26. The minimum absolute atomic E-state index is 0.0126. The zero-order valence-corrected chi connectivity index (χ0v) is 12.4. The lowest BCUT2D eigenvalue weighted by atomic mass is 9.77. The molecule has 1 spiro atoms. The summed E-state index contributed by atoms with van der Waals surface area (Å²) in [5.74, 6) is 1.67. The lowest BCUT2D eigenvalue weighted by Gasteiger charge is -2.48. The van der Waals surface area contributed by atoms with Crippen molar-refractivity contribution in [2.75, 3.05) is 13.7 Å². The first-order valence-electron chi connectivity index (χ1n) is 7.20. The molecule has 0 amide bonds. The van der Waals surface area contributed by atoms with Crippen LogP contribution < -0.4 is 15.2 Å². The average molecular weight is 277 g/mol. The van der Waals surface area contributed by atoms with E-state index in [1.807, 2.05) is 18.2 Å². The van der Waals surface area contributed by atoms with Crippen LogP contribution in [-0.4, -0.2) is 24.9 Å². The number of rotatable bonds is 1. The predicted octanol–water partition coefficient (Wildman–Crippen LogP) is 2.81. The van der Waals surface area contributed by atoms with Gasteiger partial charge in [-0.2, -0.15) is 0 Å². The second kappa shape index (κ2) is 4.64. The van der Waals surface area contributed by atoms with Gasteiger partial charge in [0.2, 0.25) is 0 Å². The van der Waals surface area contributed by atoms with Crippen molar-refractivity contribution in [1.29, 1.82) is 0 Å². The smallest absolute Gasteiger partial charge is 0.128 e. The maximum Gasteiger partial charge on any atom is 0.128 e. The van der Waals surface area contributed by atoms with Crippen LogP contribution in [0.1, 0.15) is 44.7 Å². The highest BCUT2D eigenvalue weighted by Crippen LogP contribution is 2.47. The number of methoxy groups -OCH3 is 1. The fourth-order valence-corrected chi connectivity index (χ4v) is 3.51. The summed E-state index contributed by atoms with van der Waals surface area (Å²) in [5, 5.41) is 0. The van der Waals surface area contributed by atoms with Crippen molar-refractivity contribution in [3.8, 4) is 11.5 Å². The van der Waals surface area contributed by atoms with Crippen molar-refractivity contribution in [2.45, 2.75) is 50.4 Å². The molecule has 2 aliphatic heterocycles. The molecular weight excluding hydrogens is 254 g/mol. The molecule has 0 radical (unpaired) electrons. The highest BCUT2D eigenvalue weighted by Gasteiger charge is 2.46. The van der Waals surface area contributed by atoms with E-state index in [4.69, 9.17) is 19.9 Å². The Morgan fingerprint density at radius 3 is 2.85 bits per heavy atom. The first kappa shape index (κ1) is 13.7. The van der Waals surface area contributed by atoms with E-state index >= 15 is 0 Å². The summed E-state index contributed by atoms with van der Waals surface area (Å²) in [4.78, 5) is 0. The number of benzene rings is 1. The van der Waals surface area contributed by atoms with Crippen LogP contribution in [0.5, 0.6) is 11.5 Å². The third-order valence-corrected chi connectivity index (χ3v) is 4.34. The molecule has 4 nitrogen and oxygen atoms in total. The molecule has 110 valence electrons. The molecule has 1 fully saturated rings. The first-order chi connectivity index (χ1) is 9.43. The molecular formula is C16H23NO3. The summed E-state index contributed by atoms with van der Waals surface area (Å²) in [6.07, 6.45) is 2.60. The molecule has 0 bridgehead atoms. The topological polar surface area (TPSA) is 53.7 Å². The highest BCUT2D eigenvalue weighted by molar-refractivity contribution is 5.44. The molecule has 1 aromatic carbocycles. The van der Waals surface area contributed by atoms with Crippen LogP contribution in [0.15, 0.2) is 18.2 Å². The van der Waals surface area contributed by atoms with Crippen molar-refractivity contribution in [1.82, 2.24) is 0 Å². The van der Waals surface area contributed by atoms with E-state index in [1.165, 1.54) is 0 Å². The molecule has 2 aliphatic rings. The lowest BCUT2D eigenvalue weighted by molar-refractivity contribution is -0.141. The van der Waals surface area contributed by atoms with Crippen molar-refractivity contribution in [2.24, 2.45) is 5.73 Å². The molecule has 1 saturated heterocycles. The monoisotopic (exact) mass is 277 g/mol. The third-order valence-electron chi connectivity index (χ3n) is 4.34. The van der Waals surface area contributed by atoms with Crippen molar-refractivity contribution in [3.05, 3.63) is 23.8 Å². The van der Waals surface area contributed by atoms with Gasteiger partial charge in [-0.1, -0.05) is 6.07 Å². The fraction of sp³-hybridized carbons (Fsp3) is 0.625.